The average Bonchev–Trinajstić information content (AvgIpc) is 3.62. The Labute approximate surface area is 207 Å². The number of thiophene rings is 1. The summed E-state index contributed by atoms with van der Waals surface area (Å²) in [5, 5.41) is 3.09. The Kier molecular flexibility index (Phi) is 5.14. The molecule has 3 aromatic heterocycles. The molecule has 1 aliphatic carbocycles. The Morgan fingerprint density at radius 1 is 1.23 bits per heavy atom. The van der Waals surface area contributed by atoms with Gasteiger partial charge in [0.05, 0.1) is 15.9 Å². The van der Waals surface area contributed by atoms with Crippen molar-refractivity contribution in [3.8, 4) is 10.4 Å². The highest BCUT2D eigenvalue weighted by Gasteiger charge is 2.50. The number of rotatable bonds is 5. The number of nitrogens with zero attached hydrogens (tertiary/aromatic N) is 3. The predicted molar refractivity (Wildman–Crippen MR) is 139 cm³/mol. The maximum absolute atomic E-state index is 13.2. The lowest BCUT2D eigenvalue weighted by atomic mass is 9.65. The summed E-state index contributed by atoms with van der Waals surface area (Å²) in [5.74, 6) is 0.445. The van der Waals surface area contributed by atoms with E-state index in [0.717, 1.165) is 59.4 Å². The van der Waals surface area contributed by atoms with Gasteiger partial charge in [-0.1, -0.05) is 18.7 Å². The first-order valence-electron chi connectivity index (χ1n) is 11.9. The fourth-order valence-corrected chi connectivity index (χ4v) is 6.67. The monoisotopic (exact) mass is 485 g/mol. The number of hydrogen-bond donors (Lipinski definition) is 2. The zero-order valence-electron chi connectivity index (χ0n) is 19.6. The van der Waals surface area contributed by atoms with Crippen molar-refractivity contribution in [1.29, 1.82) is 0 Å². The van der Waals surface area contributed by atoms with Gasteiger partial charge in [0, 0.05) is 42.0 Å². The number of para-hydroxylation sites is 2. The quantitative estimate of drug-likeness (QED) is 0.372. The zero-order chi connectivity index (χ0) is 24.2. The molecule has 7 nitrogen and oxygen atoms in total. The van der Waals surface area contributed by atoms with E-state index in [0.29, 0.717) is 10.8 Å². The van der Waals surface area contributed by atoms with Gasteiger partial charge in [0.15, 0.2) is 0 Å². The highest BCUT2D eigenvalue weighted by molar-refractivity contribution is 7.17. The molecule has 1 aromatic carbocycles. The van der Waals surface area contributed by atoms with Crippen LogP contribution in [0.15, 0.2) is 61.4 Å². The van der Waals surface area contributed by atoms with E-state index in [-0.39, 0.29) is 23.3 Å². The number of nitrogens with one attached hydrogen (secondary N) is 2. The minimum absolute atomic E-state index is 0.0107. The molecule has 0 bridgehead atoms. The van der Waals surface area contributed by atoms with E-state index in [1.807, 2.05) is 47.6 Å². The third-order valence-corrected chi connectivity index (χ3v) is 8.61. The number of imidazole rings is 1. The maximum atomic E-state index is 13.2. The minimum Gasteiger partial charge on any atom is -0.367 e. The molecule has 1 aliphatic heterocycles. The first kappa shape index (κ1) is 21.9. The molecule has 6 rings (SSSR count). The molecule has 0 atom stereocenters. The van der Waals surface area contributed by atoms with Crippen LogP contribution in [-0.2, 0) is 4.79 Å². The molecule has 1 spiro atoms. The topological polar surface area (TPSA) is 83.0 Å². The van der Waals surface area contributed by atoms with Crippen LogP contribution in [0.3, 0.4) is 0 Å². The summed E-state index contributed by atoms with van der Waals surface area (Å²) in [4.78, 5) is 36.8. The molecule has 2 N–H and O–H groups in total. The zero-order valence-corrected chi connectivity index (χ0v) is 20.4. The SMILES string of the molecule is C=CC(=O)N1CCC2(CC(n3c(NC(=O)c4ccc(-c5c[nH]cc5C)s4)nc4ccccc43)C2)C1. The summed E-state index contributed by atoms with van der Waals surface area (Å²) < 4.78 is 2.18. The number of likely N-dealkylation sites (tertiary alicyclic amines) is 1. The number of aromatic amines is 1. The van der Waals surface area contributed by atoms with Gasteiger partial charge >= 0.3 is 0 Å². The van der Waals surface area contributed by atoms with Crippen molar-refractivity contribution < 1.29 is 9.59 Å². The lowest BCUT2D eigenvalue weighted by Gasteiger charge is -2.46. The summed E-state index contributed by atoms with van der Waals surface area (Å²) in [6.45, 7) is 7.24. The van der Waals surface area contributed by atoms with Crippen molar-refractivity contribution in [2.45, 2.75) is 32.2 Å². The van der Waals surface area contributed by atoms with Gasteiger partial charge in [-0.05, 0) is 67.5 Å². The molecule has 2 amide bonds. The Hall–Kier alpha value is -3.65. The van der Waals surface area contributed by atoms with Gasteiger partial charge in [0.25, 0.3) is 5.91 Å². The number of aromatic nitrogens is 3. The second-order valence-electron chi connectivity index (χ2n) is 9.74. The molecule has 2 fully saturated rings. The first-order chi connectivity index (χ1) is 17.0. The van der Waals surface area contributed by atoms with E-state index in [2.05, 4.69) is 34.4 Å². The number of amides is 2. The van der Waals surface area contributed by atoms with E-state index in [4.69, 9.17) is 4.98 Å². The number of H-pyrrole nitrogens is 1. The normalized spacial score (nSPS) is 21.4. The number of aryl methyl sites for hydroxylation is 1. The molecule has 8 heteroatoms. The Balaban J connectivity index is 1.25. The van der Waals surface area contributed by atoms with Gasteiger partial charge in [-0.25, -0.2) is 4.98 Å². The van der Waals surface area contributed by atoms with Crippen molar-refractivity contribution in [3.05, 3.63) is 71.9 Å². The second kappa shape index (κ2) is 8.23. The van der Waals surface area contributed by atoms with Crippen molar-refractivity contribution in [2.24, 2.45) is 5.41 Å². The molecule has 0 unspecified atom stereocenters. The van der Waals surface area contributed by atoms with Crippen molar-refractivity contribution in [1.82, 2.24) is 19.4 Å². The largest absolute Gasteiger partial charge is 0.367 e. The molecule has 35 heavy (non-hydrogen) atoms. The maximum Gasteiger partial charge on any atom is 0.268 e. The van der Waals surface area contributed by atoms with Crippen LogP contribution in [-0.4, -0.2) is 44.3 Å². The van der Waals surface area contributed by atoms with Gasteiger partial charge in [-0.15, -0.1) is 11.3 Å². The van der Waals surface area contributed by atoms with Gasteiger partial charge in [-0.3, -0.25) is 14.9 Å². The summed E-state index contributed by atoms with van der Waals surface area (Å²) in [5.41, 5.74) is 4.30. The fraction of sp³-hybridized carbons (Fsp3) is 0.296. The van der Waals surface area contributed by atoms with Crippen molar-refractivity contribution in [3.63, 3.8) is 0 Å². The number of fused-ring (bicyclic) bond motifs is 1. The number of carbonyl (C=O) groups excluding carboxylic acids is 2. The van der Waals surface area contributed by atoms with Crippen LogP contribution in [0.25, 0.3) is 21.5 Å². The van der Waals surface area contributed by atoms with E-state index in [1.165, 1.54) is 17.4 Å². The van der Waals surface area contributed by atoms with Crippen LogP contribution in [0.2, 0.25) is 0 Å². The molecule has 1 saturated heterocycles. The molecule has 1 saturated carbocycles. The number of anilines is 1. The first-order valence-corrected chi connectivity index (χ1v) is 12.7. The van der Waals surface area contributed by atoms with Crippen LogP contribution in [0, 0.1) is 12.3 Å². The standard InChI is InChI=1S/C27H27N5O2S/c1-3-24(33)31-11-10-27(16-31)12-18(13-27)32-21-7-5-4-6-20(21)29-26(32)30-25(34)23-9-8-22(35-23)19-15-28-14-17(19)2/h3-9,14-15,18,28H,1,10-13,16H2,2H3,(H,29,30,34). The molecule has 2 aliphatic rings. The molecule has 0 radical (unpaired) electrons. The van der Waals surface area contributed by atoms with Crippen LogP contribution in [0.1, 0.15) is 40.5 Å². The second-order valence-corrected chi connectivity index (χ2v) is 10.8. The Bertz CT molecular complexity index is 1460. The number of carbonyl (C=O) groups is 2. The molecular formula is C27H27N5O2S. The highest BCUT2D eigenvalue weighted by Crippen LogP contribution is 2.55. The third kappa shape index (κ3) is 3.69. The third-order valence-electron chi connectivity index (χ3n) is 7.50. The molecule has 178 valence electrons. The van der Waals surface area contributed by atoms with Crippen molar-refractivity contribution in [2.75, 3.05) is 18.4 Å². The minimum atomic E-state index is -0.149. The lowest BCUT2D eigenvalue weighted by molar-refractivity contribution is -0.125. The number of hydrogen-bond acceptors (Lipinski definition) is 4. The van der Waals surface area contributed by atoms with E-state index in [9.17, 15) is 9.59 Å². The van der Waals surface area contributed by atoms with E-state index < -0.39 is 0 Å². The molecular weight excluding hydrogens is 458 g/mol. The van der Waals surface area contributed by atoms with Crippen LogP contribution in [0.4, 0.5) is 5.95 Å². The summed E-state index contributed by atoms with van der Waals surface area (Å²) in [6, 6.07) is 12.1. The van der Waals surface area contributed by atoms with Gasteiger partial charge in [-0.2, -0.15) is 0 Å². The summed E-state index contributed by atoms with van der Waals surface area (Å²) in [6.07, 6.45) is 8.26. The Morgan fingerprint density at radius 2 is 2.06 bits per heavy atom. The highest BCUT2D eigenvalue weighted by atomic mass is 32.1. The van der Waals surface area contributed by atoms with E-state index in [1.54, 1.807) is 0 Å². The Morgan fingerprint density at radius 3 is 2.83 bits per heavy atom. The summed E-state index contributed by atoms with van der Waals surface area (Å²) in [7, 11) is 0. The number of benzene rings is 1. The average molecular weight is 486 g/mol. The van der Waals surface area contributed by atoms with Crippen LogP contribution >= 0.6 is 11.3 Å². The predicted octanol–water partition coefficient (Wildman–Crippen LogP) is 5.39. The van der Waals surface area contributed by atoms with Gasteiger partial charge < -0.3 is 14.5 Å². The van der Waals surface area contributed by atoms with E-state index >= 15 is 0 Å². The molecule has 4 heterocycles. The van der Waals surface area contributed by atoms with Crippen molar-refractivity contribution >= 4 is 40.1 Å². The van der Waals surface area contributed by atoms with Gasteiger partial charge in [0.1, 0.15) is 0 Å². The van der Waals surface area contributed by atoms with Gasteiger partial charge in [0.2, 0.25) is 11.9 Å². The van der Waals surface area contributed by atoms with Crippen LogP contribution in [0.5, 0.6) is 0 Å². The lowest BCUT2D eigenvalue weighted by Crippen LogP contribution is -2.42. The molecule has 4 aromatic rings. The van der Waals surface area contributed by atoms with Crippen LogP contribution < -0.4 is 5.32 Å². The summed E-state index contributed by atoms with van der Waals surface area (Å²) >= 11 is 1.48. The smallest absolute Gasteiger partial charge is 0.268 e. The fourth-order valence-electron chi connectivity index (χ4n) is 5.69.